The van der Waals surface area contributed by atoms with E-state index < -0.39 is 23.2 Å². The lowest BCUT2D eigenvalue weighted by molar-refractivity contribution is 0.102. The van der Waals surface area contributed by atoms with Crippen molar-refractivity contribution in [1.29, 1.82) is 0 Å². The molecule has 0 radical (unpaired) electrons. The Morgan fingerprint density at radius 1 is 1.05 bits per heavy atom. The molecular formula is C12H6Br2F2N2O. The fraction of sp³-hybridized carbons (Fsp3) is 0. The number of nitrogens with zero attached hydrogens (tertiary/aromatic N) is 1. The number of hydrogen-bond acceptors (Lipinski definition) is 2. The van der Waals surface area contributed by atoms with Gasteiger partial charge in [-0.3, -0.25) is 9.78 Å². The van der Waals surface area contributed by atoms with Crippen molar-refractivity contribution in [1.82, 2.24) is 4.98 Å². The van der Waals surface area contributed by atoms with Gasteiger partial charge in [0, 0.05) is 21.3 Å². The van der Waals surface area contributed by atoms with E-state index in [1.807, 2.05) is 0 Å². The number of carbonyl (C=O) groups is 1. The van der Waals surface area contributed by atoms with Crippen LogP contribution in [0.4, 0.5) is 14.5 Å². The molecule has 1 amide bonds. The number of benzene rings is 1. The summed E-state index contributed by atoms with van der Waals surface area (Å²) >= 11 is 6.12. The van der Waals surface area contributed by atoms with E-state index in [1.54, 1.807) is 0 Å². The van der Waals surface area contributed by atoms with E-state index in [9.17, 15) is 13.6 Å². The first-order valence-corrected chi connectivity index (χ1v) is 6.62. The first-order chi connectivity index (χ1) is 8.97. The molecule has 0 unspecified atom stereocenters. The summed E-state index contributed by atoms with van der Waals surface area (Å²) < 4.78 is 28.0. The van der Waals surface area contributed by atoms with E-state index in [0.29, 0.717) is 4.47 Å². The molecule has 1 aromatic carbocycles. The molecule has 0 bridgehead atoms. The number of nitrogens with one attached hydrogen (secondary N) is 1. The minimum absolute atomic E-state index is 0.191. The summed E-state index contributed by atoms with van der Waals surface area (Å²) in [7, 11) is 0. The molecule has 0 aliphatic heterocycles. The van der Waals surface area contributed by atoms with Crippen molar-refractivity contribution in [3.05, 3.63) is 56.7 Å². The normalized spacial score (nSPS) is 10.3. The number of hydrogen-bond donors (Lipinski definition) is 1. The summed E-state index contributed by atoms with van der Waals surface area (Å²) in [4.78, 5) is 15.6. The highest BCUT2D eigenvalue weighted by molar-refractivity contribution is 9.10. The highest BCUT2D eigenvalue weighted by Gasteiger charge is 2.15. The lowest BCUT2D eigenvalue weighted by Gasteiger charge is -2.08. The van der Waals surface area contributed by atoms with Crippen LogP contribution in [0, 0.1) is 11.6 Å². The number of amides is 1. The summed E-state index contributed by atoms with van der Waals surface area (Å²) in [6, 6.07) is 3.63. The number of anilines is 1. The quantitative estimate of drug-likeness (QED) is 0.835. The zero-order valence-electron chi connectivity index (χ0n) is 9.25. The van der Waals surface area contributed by atoms with Crippen LogP contribution in [-0.4, -0.2) is 10.9 Å². The van der Waals surface area contributed by atoms with Crippen LogP contribution in [0.1, 0.15) is 10.4 Å². The maximum Gasteiger partial charge on any atom is 0.257 e. The van der Waals surface area contributed by atoms with Crippen molar-refractivity contribution < 1.29 is 13.6 Å². The van der Waals surface area contributed by atoms with Gasteiger partial charge in [0.2, 0.25) is 0 Å². The third kappa shape index (κ3) is 3.36. The van der Waals surface area contributed by atoms with Crippen LogP contribution in [0.25, 0.3) is 0 Å². The number of halogens is 4. The predicted octanol–water partition coefficient (Wildman–Crippen LogP) is 4.14. The minimum atomic E-state index is -0.858. The second-order valence-electron chi connectivity index (χ2n) is 3.59. The molecule has 0 aliphatic carbocycles. The van der Waals surface area contributed by atoms with Crippen molar-refractivity contribution in [2.75, 3.05) is 5.32 Å². The van der Waals surface area contributed by atoms with E-state index in [0.717, 1.165) is 12.1 Å². The van der Waals surface area contributed by atoms with Crippen molar-refractivity contribution in [3.8, 4) is 0 Å². The van der Waals surface area contributed by atoms with Crippen molar-refractivity contribution >= 4 is 43.5 Å². The molecule has 1 heterocycles. The van der Waals surface area contributed by atoms with Gasteiger partial charge in [-0.15, -0.1) is 0 Å². The topological polar surface area (TPSA) is 42.0 Å². The average Bonchev–Trinajstić information content (AvgIpc) is 2.33. The molecule has 19 heavy (non-hydrogen) atoms. The van der Waals surface area contributed by atoms with E-state index in [4.69, 9.17) is 0 Å². The smallest absolute Gasteiger partial charge is 0.257 e. The third-order valence-corrected chi connectivity index (χ3v) is 3.10. The predicted molar refractivity (Wildman–Crippen MR) is 73.9 cm³/mol. The Kier molecular flexibility index (Phi) is 4.26. The SMILES string of the molecule is O=C(Nc1c(F)cc(Br)cc1F)c1cncc(Br)c1. The Morgan fingerprint density at radius 3 is 2.26 bits per heavy atom. The van der Waals surface area contributed by atoms with Crippen LogP contribution in [-0.2, 0) is 0 Å². The van der Waals surface area contributed by atoms with Crippen LogP contribution in [0.5, 0.6) is 0 Å². The van der Waals surface area contributed by atoms with Crippen molar-refractivity contribution in [3.63, 3.8) is 0 Å². The van der Waals surface area contributed by atoms with E-state index >= 15 is 0 Å². The number of rotatable bonds is 2. The average molecular weight is 392 g/mol. The van der Waals surface area contributed by atoms with E-state index in [1.165, 1.54) is 18.5 Å². The summed E-state index contributed by atoms with van der Waals surface area (Å²) in [6.45, 7) is 0. The number of carbonyl (C=O) groups excluding carboxylic acids is 1. The maximum atomic E-state index is 13.6. The number of pyridine rings is 1. The highest BCUT2D eigenvalue weighted by Crippen LogP contribution is 2.24. The summed E-state index contributed by atoms with van der Waals surface area (Å²) in [6.07, 6.45) is 2.80. The molecule has 0 atom stereocenters. The molecule has 1 aromatic heterocycles. The molecule has 0 spiro atoms. The lowest BCUT2D eigenvalue weighted by atomic mass is 10.2. The second kappa shape index (κ2) is 5.75. The van der Waals surface area contributed by atoms with Gasteiger partial charge >= 0.3 is 0 Å². The molecule has 2 rings (SSSR count). The monoisotopic (exact) mass is 390 g/mol. The molecule has 2 aromatic rings. The number of aromatic nitrogens is 1. The maximum absolute atomic E-state index is 13.6. The van der Waals surface area contributed by atoms with Crippen LogP contribution in [0.15, 0.2) is 39.5 Å². The molecule has 3 nitrogen and oxygen atoms in total. The first-order valence-electron chi connectivity index (χ1n) is 5.04. The molecule has 7 heteroatoms. The fourth-order valence-corrected chi connectivity index (χ4v) is 2.15. The standard InChI is InChI=1S/C12H6Br2F2N2O/c13-7-2-9(15)11(10(16)3-7)18-12(19)6-1-8(14)5-17-4-6/h1-5H,(H,18,19). The Balaban J connectivity index is 2.29. The molecule has 0 aliphatic rings. The van der Waals surface area contributed by atoms with Crippen LogP contribution in [0.3, 0.4) is 0 Å². The summed E-state index contributed by atoms with van der Waals surface area (Å²) in [5.74, 6) is -2.36. The second-order valence-corrected chi connectivity index (χ2v) is 5.42. The fourth-order valence-electron chi connectivity index (χ4n) is 1.38. The van der Waals surface area contributed by atoms with Crippen LogP contribution >= 0.6 is 31.9 Å². The van der Waals surface area contributed by atoms with Gasteiger partial charge in [0.1, 0.15) is 5.69 Å². The van der Waals surface area contributed by atoms with Gasteiger partial charge in [0.15, 0.2) is 11.6 Å². The van der Waals surface area contributed by atoms with Gasteiger partial charge in [-0.05, 0) is 34.1 Å². The minimum Gasteiger partial charge on any atom is -0.317 e. The van der Waals surface area contributed by atoms with E-state index in [2.05, 4.69) is 42.2 Å². The molecule has 0 fully saturated rings. The van der Waals surface area contributed by atoms with Gasteiger partial charge in [0.05, 0.1) is 5.56 Å². The zero-order chi connectivity index (χ0) is 14.0. The lowest BCUT2D eigenvalue weighted by Crippen LogP contribution is -2.14. The third-order valence-electron chi connectivity index (χ3n) is 2.21. The Hall–Kier alpha value is -1.34. The van der Waals surface area contributed by atoms with Crippen LogP contribution in [0.2, 0.25) is 0 Å². The molecular weight excluding hydrogens is 386 g/mol. The van der Waals surface area contributed by atoms with Gasteiger partial charge < -0.3 is 5.32 Å². The Labute approximate surface area is 124 Å². The summed E-state index contributed by atoms with van der Waals surface area (Å²) in [5, 5.41) is 2.18. The van der Waals surface area contributed by atoms with E-state index in [-0.39, 0.29) is 10.0 Å². The molecule has 0 saturated carbocycles. The Morgan fingerprint density at radius 2 is 1.68 bits per heavy atom. The van der Waals surface area contributed by atoms with Crippen LogP contribution < -0.4 is 5.32 Å². The van der Waals surface area contributed by atoms with Crippen molar-refractivity contribution in [2.24, 2.45) is 0 Å². The molecule has 1 N–H and O–H groups in total. The summed E-state index contributed by atoms with van der Waals surface area (Å²) in [5.41, 5.74) is -0.302. The molecule has 98 valence electrons. The molecule has 0 saturated heterocycles. The zero-order valence-corrected chi connectivity index (χ0v) is 12.4. The Bertz CT molecular complexity index is 626. The van der Waals surface area contributed by atoms with Gasteiger partial charge in [0.25, 0.3) is 5.91 Å². The highest BCUT2D eigenvalue weighted by atomic mass is 79.9. The van der Waals surface area contributed by atoms with Crippen molar-refractivity contribution in [2.45, 2.75) is 0 Å². The van der Waals surface area contributed by atoms with Gasteiger partial charge in [-0.25, -0.2) is 8.78 Å². The van der Waals surface area contributed by atoms with Gasteiger partial charge in [-0.1, -0.05) is 15.9 Å². The van der Waals surface area contributed by atoms with Gasteiger partial charge in [-0.2, -0.15) is 0 Å². The largest absolute Gasteiger partial charge is 0.317 e. The first kappa shape index (κ1) is 14.1.